The van der Waals surface area contributed by atoms with Gasteiger partial charge in [0.2, 0.25) is 0 Å². The number of nitrogens with one attached hydrogen (secondary N) is 1. The van der Waals surface area contributed by atoms with Gasteiger partial charge in [0.15, 0.2) is 0 Å². The molecule has 1 saturated heterocycles. The van der Waals surface area contributed by atoms with Crippen LogP contribution in [0.2, 0.25) is 25.7 Å². The number of ether oxygens (including phenoxy) is 1. The fourth-order valence-electron chi connectivity index (χ4n) is 6.26. The van der Waals surface area contributed by atoms with Crippen molar-refractivity contribution in [1.29, 1.82) is 0 Å². The van der Waals surface area contributed by atoms with Gasteiger partial charge in [-0.1, -0.05) is 55.5 Å². The highest BCUT2D eigenvalue weighted by Crippen LogP contribution is 2.30. The van der Waals surface area contributed by atoms with Gasteiger partial charge in [0.25, 0.3) is 11.5 Å². The van der Waals surface area contributed by atoms with Gasteiger partial charge < -0.3 is 15.2 Å². The van der Waals surface area contributed by atoms with E-state index in [2.05, 4.69) is 35.0 Å². The molecule has 0 unspecified atom stereocenters. The van der Waals surface area contributed by atoms with Crippen molar-refractivity contribution in [2.24, 2.45) is 0 Å². The van der Waals surface area contributed by atoms with E-state index >= 15 is 0 Å². The minimum absolute atomic E-state index is 0.0679. The van der Waals surface area contributed by atoms with Crippen LogP contribution in [0.4, 0.5) is 14.9 Å². The Balaban J connectivity index is 1.32. The summed E-state index contributed by atoms with van der Waals surface area (Å²) < 4.78 is 23.8. The summed E-state index contributed by atoms with van der Waals surface area (Å²) in [5, 5.41) is 18.3. The van der Waals surface area contributed by atoms with Gasteiger partial charge in [-0.15, -0.1) is 0 Å². The summed E-state index contributed by atoms with van der Waals surface area (Å²) in [5.41, 5.74) is 4.04. The van der Waals surface area contributed by atoms with Crippen molar-refractivity contribution in [3.8, 4) is 11.3 Å². The third kappa shape index (κ3) is 8.91. The first-order valence-corrected chi connectivity index (χ1v) is 21.0. The number of hydrogen-bond donors (Lipinski definition) is 2. The zero-order valence-electron chi connectivity index (χ0n) is 29.6. The molecule has 0 aliphatic carbocycles. The Morgan fingerprint density at radius 3 is 2.43 bits per heavy atom. The number of aryl methyl sites for hydroxylation is 1. The highest BCUT2D eigenvalue weighted by Gasteiger charge is 2.23. The number of aromatic nitrogens is 4. The van der Waals surface area contributed by atoms with Gasteiger partial charge >= 0.3 is 6.09 Å². The molecule has 6 rings (SSSR count). The molecule has 268 valence electrons. The van der Waals surface area contributed by atoms with Crippen LogP contribution in [-0.2, 0) is 24.6 Å². The van der Waals surface area contributed by atoms with Crippen LogP contribution in [0.15, 0.2) is 78.0 Å². The maximum Gasteiger partial charge on any atom is 0.416 e. The number of likely N-dealkylation sites (tertiary alicyclic amines) is 1. The molecule has 51 heavy (non-hydrogen) atoms. The fraction of sp³-hybridized carbons (Fsp3) is 0.368. The number of pyridine rings is 1. The smallest absolute Gasteiger partial charge is 0.416 e. The molecule has 1 amide bonds. The quantitative estimate of drug-likeness (QED) is 0.105. The maximum absolute atomic E-state index is 14.0. The van der Waals surface area contributed by atoms with Crippen molar-refractivity contribution in [3.63, 3.8) is 0 Å². The third-order valence-electron chi connectivity index (χ3n) is 9.19. The Hall–Kier alpha value is -4.85. The van der Waals surface area contributed by atoms with E-state index in [0.29, 0.717) is 67.8 Å². The third-order valence-corrected chi connectivity index (χ3v) is 10.9. The van der Waals surface area contributed by atoms with Gasteiger partial charge in [-0.2, -0.15) is 5.10 Å². The van der Waals surface area contributed by atoms with Crippen LogP contribution in [0.5, 0.6) is 0 Å². The molecule has 5 aromatic rings. The lowest BCUT2D eigenvalue weighted by Gasteiger charge is -2.28. The number of carboxylic acid groups (broad SMARTS) is 1. The first-order chi connectivity index (χ1) is 24.3. The molecule has 1 aliphatic heterocycles. The fourth-order valence-corrected chi connectivity index (χ4v) is 7.02. The van der Waals surface area contributed by atoms with Crippen LogP contribution in [0.3, 0.4) is 0 Å². The minimum atomic E-state index is -1.40. The molecule has 4 heterocycles. The molecule has 2 aromatic carbocycles. The number of nitrogens with zero attached hydrogens (tertiary/aromatic N) is 5. The summed E-state index contributed by atoms with van der Waals surface area (Å²) in [4.78, 5) is 42.4. The highest BCUT2D eigenvalue weighted by atomic mass is 28.3. The van der Waals surface area contributed by atoms with E-state index in [1.807, 2.05) is 43.3 Å². The van der Waals surface area contributed by atoms with Crippen molar-refractivity contribution >= 4 is 36.7 Å². The molecular formula is C38H45FN6O5Si. The number of piperidine rings is 1. The van der Waals surface area contributed by atoms with Crippen molar-refractivity contribution in [2.45, 2.75) is 71.4 Å². The molecule has 0 radical (unpaired) electrons. The molecule has 11 nitrogen and oxygen atoms in total. The first kappa shape index (κ1) is 36.0. The second-order valence-electron chi connectivity index (χ2n) is 14.6. The summed E-state index contributed by atoms with van der Waals surface area (Å²) in [6.07, 6.45) is 3.64. The Labute approximate surface area is 297 Å². The van der Waals surface area contributed by atoms with Gasteiger partial charge in [0.1, 0.15) is 12.9 Å². The molecule has 0 saturated carbocycles. The lowest BCUT2D eigenvalue weighted by atomic mass is 10.1. The number of anilines is 1. The number of carbonyl (C=O) groups excluding carboxylic acids is 1. The number of hydrogen-bond acceptors (Lipinski definition) is 6. The van der Waals surface area contributed by atoms with E-state index in [0.717, 1.165) is 27.3 Å². The van der Waals surface area contributed by atoms with E-state index in [-0.39, 0.29) is 18.0 Å². The predicted octanol–water partition coefficient (Wildman–Crippen LogP) is 7.05. The minimum Gasteiger partial charge on any atom is -0.464 e. The zero-order chi connectivity index (χ0) is 36.3. The first-order valence-electron chi connectivity index (χ1n) is 17.3. The van der Waals surface area contributed by atoms with E-state index in [4.69, 9.17) is 4.74 Å². The number of halogens is 1. The summed E-state index contributed by atoms with van der Waals surface area (Å²) in [6, 6.07) is 17.7. The van der Waals surface area contributed by atoms with Crippen molar-refractivity contribution in [3.05, 3.63) is 106 Å². The van der Waals surface area contributed by atoms with E-state index in [1.54, 1.807) is 23.0 Å². The van der Waals surface area contributed by atoms with Crippen LogP contribution >= 0.6 is 0 Å². The predicted molar refractivity (Wildman–Crippen MR) is 199 cm³/mol. The highest BCUT2D eigenvalue weighted by molar-refractivity contribution is 6.76. The van der Waals surface area contributed by atoms with Gasteiger partial charge in [0.05, 0.1) is 40.8 Å². The number of alkyl halides is 1. The molecule has 0 spiro atoms. The van der Waals surface area contributed by atoms with Gasteiger partial charge in [0, 0.05) is 52.1 Å². The Bertz CT molecular complexity index is 2090. The van der Waals surface area contributed by atoms with Crippen LogP contribution in [0, 0.1) is 6.92 Å². The summed E-state index contributed by atoms with van der Waals surface area (Å²) in [7, 11) is -1.40. The monoisotopic (exact) mass is 712 g/mol. The number of amides is 1. The number of carbonyl (C=O) groups is 2. The molecule has 2 N–H and O–H groups in total. The van der Waals surface area contributed by atoms with Gasteiger partial charge in [-0.3, -0.25) is 23.7 Å². The normalized spacial score (nSPS) is 14.3. The molecule has 13 heteroatoms. The van der Waals surface area contributed by atoms with Gasteiger partial charge in [-0.25, -0.2) is 13.8 Å². The van der Waals surface area contributed by atoms with Crippen LogP contribution < -0.4 is 10.9 Å². The Morgan fingerprint density at radius 1 is 1.00 bits per heavy atom. The number of rotatable bonds is 12. The lowest BCUT2D eigenvalue weighted by Crippen LogP contribution is -2.33. The molecule has 0 bridgehead atoms. The second kappa shape index (κ2) is 15.2. The topological polar surface area (TPSA) is 124 Å². The number of benzene rings is 2. The zero-order valence-corrected chi connectivity index (χ0v) is 30.6. The van der Waals surface area contributed by atoms with Gasteiger partial charge in [-0.05, 0) is 61.2 Å². The molecule has 3 aromatic heterocycles. The van der Waals surface area contributed by atoms with E-state index in [1.165, 1.54) is 23.0 Å². The van der Waals surface area contributed by atoms with Crippen molar-refractivity contribution in [1.82, 2.24) is 23.8 Å². The number of fused-ring (bicyclic) bond motifs is 1. The Morgan fingerprint density at radius 2 is 1.73 bits per heavy atom. The van der Waals surface area contributed by atoms with Crippen LogP contribution in [-0.4, -0.2) is 74.9 Å². The van der Waals surface area contributed by atoms with Crippen LogP contribution in [0.1, 0.15) is 39.9 Å². The second-order valence-corrected chi connectivity index (χ2v) is 20.2. The largest absolute Gasteiger partial charge is 0.464 e. The van der Waals surface area contributed by atoms with Crippen molar-refractivity contribution < 1.29 is 23.8 Å². The SMILES string of the molecule is Cc1ccc(Cn2cc(C(=O)Nc3cc(-c4cc5cc(CN6CCC(F)CC6)ccc5n4C(=O)O)c(=O)n(COCC[Si](C)(C)C)c3)cn2)cc1. The van der Waals surface area contributed by atoms with E-state index < -0.39 is 31.8 Å². The van der Waals surface area contributed by atoms with Crippen molar-refractivity contribution in [2.75, 3.05) is 25.0 Å². The summed E-state index contributed by atoms with van der Waals surface area (Å²) in [6.45, 7) is 11.6. The van der Waals surface area contributed by atoms with E-state index in [9.17, 15) is 23.9 Å². The molecular weight excluding hydrogens is 668 g/mol. The Kier molecular flexibility index (Phi) is 10.7. The van der Waals surface area contributed by atoms with Crippen LogP contribution in [0.25, 0.3) is 22.2 Å². The standard InChI is InChI=1S/C38H45FN6O5Si/c1-26-5-7-27(8-6-26)22-44-23-30(20-40-44)36(46)41-32-19-33(37(47)43(24-32)25-50-15-16-51(2,3)4)35-18-29-17-28(9-10-34(29)45(35)38(48)49)21-42-13-11-31(39)12-14-42/h5-10,17-20,23-24,31H,11-16,21-22,25H2,1-4H3,(H,41,46)(H,48,49). The summed E-state index contributed by atoms with van der Waals surface area (Å²) in [5.74, 6) is -0.429. The maximum atomic E-state index is 14.0. The average molecular weight is 713 g/mol. The molecule has 1 aliphatic rings. The average Bonchev–Trinajstić information content (AvgIpc) is 3.71. The molecule has 0 atom stereocenters. The summed E-state index contributed by atoms with van der Waals surface area (Å²) >= 11 is 0. The molecule has 1 fully saturated rings. The lowest BCUT2D eigenvalue weighted by molar-refractivity contribution is 0.0849.